The number of carbonyl (C=O) groups excluding carboxylic acids is 4. The molecule has 3 amide bonds. The first-order valence-electron chi connectivity index (χ1n) is 25.2. The van der Waals surface area contributed by atoms with Crippen LogP contribution in [0.3, 0.4) is 0 Å². The number of likely N-dealkylation sites (tertiary alicyclic amines) is 1. The van der Waals surface area contributed by atoms with E-state index in [-0.39, 0.29) is 60.9 Å². The number of hydrogen-bond donors (Lipinski definition) is 2. The standard InChI is InChI=1S/C53H78N8O7Si/c1-12-60-44-19-18-37-27-40(44)41(47(60)39-17-13-23-54-46(39)35(4)66-11)28-51(5,6)33-68-50(65)53(69)21-15-25-61(56-53)49(64)43(26-36-16-14-24-58(37)29-36)55-48(63)42(34(2)3)32-67-38-30-59(31-38)45(62)20-22-52(7,8)57(9)10/h13,17-19,23,27,34-36,38,42-43,56H,12,14-16,21,24-26,28-33H2,1-11,69H3,(H,55,63)/t35-,36-,42-,43-,53-/m0/s1. The van der Waals surface area contributed by atoms with E-state index in [1.807, 2.05) is 65.9 Å². The van der Waals surface area contributed by atoms with Crippen LogP contribution >= 0.6 is 0 Å². The van der Waals surface area contributed by atoms with Crippen molar-refractivity contribution >= 4 is 50.5 Å². The molecular weight excluding hydrogens is 889 g/mol. The molecule has 69 heavy (non-hydrogen) atoms. The number of aromatic nitrogens is 2. The highest BCUT2D eigenvalue weighted by atomic mass is 28.1. The van der Waals surface area contributed by atoms with Gasteiger partial charge < -0.3 is 33.9 Å². The first-order valence-corrected chi connectivity index (χ1v) is 26.2. The number of esters is 1. The maximum absolute atomic E-state index is 14.9. The molecule has 2 N–H and O–H groups in total. The number of fused-ring (bicyclic) bond motifs is 6. The summed E-state index contributed by atoms with van der Waals surface area (Å²) in [5.74, 6) is 4.23. The van der Waals surface area contributed by atoms with Gasteiger partial charge in [-0.05, 0) is 134 Å². The van der Waals surface area contributed by atoms with Gasteiger partial charge in [0.25, 0.3) is 11.8 Å². The lowest BCUT2D eigenvalue weighted by Crippen LogP contribution is -2.67. The van der Waals surface area contributed by atoms with Crippen LogP contribution in [0.15, 0.2) is 36.5 Å². The lowest BCUT2D eigenvalue weighted by molar-refractivity contribution is -0.158. The fraction of sp³-hybridized carbons (Fsp3) is 0.642. The van der Waals surface area contributed by atoms with E-state index in [1.165, 1.54) is 5.56 Å². The Balaban J connectivity index is 1.18. The minimum atomic E-state index is -1.02. The third kappa shape index (κ3) is 11.5. The van der Waals surface area contributed by atoms with Crippen LogP contribution in [-0.4, -0.2) is 148 Å². The van der Waals surface area contributed by atoms with Gasteiger partial charge in [-0.3, -0.25) is 34.1 Å². The number of benzene rings is 1. The highest BCUT2D eigenvalue weighted by Gasteiger charge is 2.44. The largest absolute Gasteiger partial charge is 0.464 e. The third-order valence-corrected chi connectivity index (χ3v) is 16.3. The summed E-state index contributed by atoms with van der Waals surface area (Å²) in [6.07, 6.45) is 5.47. The normalized spacial score (nSPS) is 23.5. The molecule has 0 aliphatic carbocycles. The number of pyridine rings is 1. The van der Waals surface area contributed by atoms with Gasteiger partial charge >= 0.3 is 5.97 Å². The van der Waals surface area contributed by atoms with E-state index >= 15 is 0 Å². The monoisotopic (exact) mass is 967 g/mol. The van der Waals surface area contributed by atoms with Crippen LogP contribution in [0.4, 0.5) is 5.69 Å². The number of aryl methyl sites for hydroxylation is 1. The Labute approximate surface area is 413 Å². The molecule has 0 unspecified atom stereocenters. The van der Waals surface area contributed by atoms with Crippen molar-refractivity contribution in [3.8, 4) is 23.1 Å². The molecule has 15 nitrogen and oxygen atoms in total. The van der Waals surface area contributed by atoms with Crippen LogP contribution in [0.25, 0.3) is 22.2 Å². The summed E-state index contributed by atoms with van der Waals surface area (Å²) in [6, 6.07) is 10.1. The average Bonchev–Trinajstić information content (AvgIpc) is 3.60. The quantitative estimate of drug-likeness (QED) is 0.157. The number of ether oxygens (including phenoxy) is 3. The van der Waals surface area contributed by atoms with E-state index in [2.05, 4.69) is 77.1 Å². The summed E-state index contributed by atoms with van der Waals surface area (Å²) in [7, 11) is 5.97. The van der Waals surface area contributed by atoms with Gasteiger partial charge in [0.2, 0.25) is 5.91 Å². The van der Waals surface area contributed by atoms with Crippen molar-refractivity contribution in [2.75, 3.05) is 72.0 Å². The number of nitrogens with zero attached hydrogens (tertiary/aromatic N) is 6. The van der Waals surface area contributed by atoms with Crippen LogP contribution in [0, 0.1) is 35.0 Å². The van der Waals surface area contributed by atoms with E-state index in [4.69, 9.17) is 19.2 Å². The second kappa shape index (κ2) is 21.3. The molecule has 1 aromatic carbocycles. The Kier molecular flexibility index (Phi) is 16.1. The van der Waals surface area contributed by atoms with Gasteiger partial charge in [0.15, 0.2) is 0 Å². The second-order valence-electron chi connectivity index (χ2n) is 22.0. The predicted octanol–water partition coefficient (Wildman–Crippen LogP) is 4.68. The van der Waals surface area contributed by atoms with Gasteiger partial charge in [0.05, 0.1) is 48.3 Å². The van der Waals surface area contributed by atoms with Gasteiger partial charge in [-0.2, -0.15) is 0 Å². The van der Waals surface area contributed by atoms with Crippen LogP contribution < -0.4 is 15.6 Å². The molecular formula is C53H78N8O7Si. The summed E-state index contributed by atoms with van der Waals surface area (Å²) in [4.78, 5) is 67.4. The molecule has 376 valence electrons. The molecule has 3 fully saturated rings. The van der Waals surface area contributed by atoms with Crippen LogP contribution in [0.5, 0.6) is 0 Å². The topological polar surface area (TPSA) is 151 Å². The number of anilines is 1. The average molecular weight is 967 g/mol. The zero-order chi connectivity index (χ0) is 50.0. The van der Waals surface area contributed by atoms with Crippen molar-refractivity contribution in [1.82, 2.24) is 35.1 Å². The second-order valence-corrected chi connectivity index (χ2v) is 23.7. The van der Waals surface area contributed by atoms with E-state index in [0.717, 1.165) is 66.0 Å². The molecule has 16 heteroatoms. The first kappa shape index (κ1) is 52.0. The minimum absolute atomic E-state index is 0.0844. The Morgan fingerprint density at radius 2 is 1.86 bits per heavy atom. The van der Waals surface area contributed by atoms with Gasteiger partial charge in [0, 0.05) is 90.4 Å². The van der Waals surface area contributed by atoms with Crippen molar-refractivity contribution < 1.29 is 33.4 Å². The van der Waals surface area contributed by atoms with E-state index in [1.54, 1.807) is 17.0 Å². The highest BCUT2D eigenvalue weighted by molar-refractivity contribution is 6.27. The van der Waals surface area contributed by atoms with Crippen molar-refractivity contribution in [1.29, 1.82) is 0 Å². The van der Waals surface area contributed by atoms with Crippen LogP contribution in [0.2, 0.25) is 0 Å². The lowest BCUT2D eigenvalue weighted by Gasteiger charge is -2.42. The Hall–Kier alpha value is -4.79. The summed E-state index contributed by atoms with van der Waals surface area (Å²) >= 11 is 0. The minimum Gasteiger partial charge on any atom is -0.464 e. The number of methoxy groups -OCH3 is 1. The third-order valence-electron chi connectivity index (χ3n) is 15.2. The zero-order valence-electron chi connectivity index (χ0n) is 43.4. The summed E-state index contributed by atoms with van der Waals surface area (Å²) in [5, 5.41) is 4.93. The number of cyclic esters (lactones) is 1. The molecule has 0 spiro atoms. The Morgan fingerprint density at radius 3 is 2.55 bits per heavy atom. The maximum Gasteiger partial charge on any atom is 0.323 e. The number of carbonyl (C=O) groups is 4. The molecule has 0 saturated carbocycles. The molecule has 6 bridgehead atoms. The lowest BCUT2D eigenvalue weighted by atomic mass is 9.84. The molecule has 3 saturated heterocycles. The van der Waals surface area contributed by atoms with Gasteiger partial charge in [-0.1, -0.05) is 33.6 Å². The fourth-order valence-corrected chi connectivity index (χ4v) is 10.9. The number of rotatable bonds is 11. The number of piperidine rings is 1. The van der Waals surface area contributed by atoms with Crippen LogP contribution in [0.1, 0.15) is 105 Å². The molecule has 4 aliphatic rings. The molecule has 2 aromatic heterocycles. The summed E-state index contributed by atoms with van der Waals surface area (Å²) < 4.78 is 20.8. The molecule has 4 aliphatic heterocycles. The van der Waals surface area contributed by atoms with E-state index in [9.17, 15) is 19.2 Å². The fourth-order valence-electron chi connectivity index (χ4n) is 10.2. The number of amides is 3. The van der Waals surface area contributed by atoms with Crippen molar-refractivity contribution in [2.45, 2.75) is 129 Å². The van der Waals surface area contributed by atoms with Crippen molar-refractivity contribution in [3.63, 3.8) is 0 Å². The molecule has 7 rings (SSSR count). The maximum atomic E-state index is 14.9. The summed E-state index contributed by atoms with van der Waals surface area (Å²) in [5.41, 5.74) is 8.87. The Morgan fingerprint density at radius 1 is 1.10 bits per heavy atom. The van der Waals surface area contributed by atoms with Gasteiger partial charge in [-0.25, -0.2) is 5.43 Å². The predicted molar refractivity (Wildman–Crippen MR) is 273 cm³/mol. The molecule has 3 aromatic rings. The molecule has 5 atom stereocenters. The highest BCUT2D eigenvalue weighted by Crippen LogP contribution is 2.42. The van der Waals surface area contributed by atoms with Crippen molar-refractivity contribution in [2.24, 2.45) is 23.2 Å². The zero-order valence-corrected chi connectivity index (χ0v) is 45.4. The Bertz CT molecular complexity index is 2440. The van der Waals surface area contributed by atoms with Crippen LogP contribution in [-0.2, 0) is 46.4 Å². The first-order chi connectivity index (χ1) is 32.6. The van der Waals surface area contributed by atoms with Gasteiger partial charge in [-0.15, -0.1) is 0 Å². The van der Waals surface area contributed by atoms with E-state index < -0.39 is 28.1 Å². The molecule has 6 heterocycles. The number of hydrazine groups is 1. The summed E-state index contributed by atoms with van der Waals surface area (Å²) in [6.45, 7) is 20.3. The van der Waals surface area contributed by atoms with Crippen molar-refractivity contribution in [3.05, 3.63) is 47.8 Å². The SMILES string of the molecule is CCn1c(-c2cccnc2[C@H](C)OC)c2c3cc(ccc31)N1CCC[C@@H](C[C@H](NC(=O)[C@@H](COC3CN(C(=O)C#CC(C)(C)N(C)C)C3)C(C)C)C(=O)N3CCC[C@@]([SiH3])(N3)C(=O)OCC(C)(C)C2)C1. The van der Waals surface area contributed by atoms with E-state index in [0.29, 0.717) is 55.6 Å². The smallest absolute Gasteiger partial charge is 0.323 e. The molecule has 0 radical (unpaired) electrons. The number of nitrogens with one attached hydrogen (secondary N) is 2. The number of hydrogen-bond acceptors (Lipinski definition) is 11. The van der Waals surface area contributed by atoms with Gasteiger partial charge in [0.1, 0.15) is 11.2 Å².